The van der Waals surface area contributed by atoms with Gasteiger partial charge in [0.15, 0.2) is 0 Å². The van der Waals surface area contributed by atoms with Gasteiger partial charge in [-0.15, -0.1) is 0 Å². The summed E-state index contributed by atoms with van der Waals surface area (Å²) in [5, 5.41) is 4.03. The summed E-state index contributed by atoms with van der Waals surface area (Å²) in [6, 6.07) is 12.5. The number of hydrogen-bond acceptors (Lipinski definition) is 3. The summed E-state index contributed by atoms with van der Waals surface area (Å²) in [5.41, 5.74) is 8.81. The molecule has 0 fully saturated rings. The standard InChI is InChI=1S/C23H25N3O/c1-14-10-15(2)20-17(11-14)13-18-12-16-6-5-7-19(21(16)25-22(18)20)23(27)24-8-9-26(3)4/h5-7,10-12H,8-9,13H2,1-4H3,(H,24,27). The maximum Gasteiger partial charge on any atom is 0.253 e. The van der Waals surface area contributed by atoms with Gasteiger partial charge in [0, 0.05) is 30.5 Å². The minimum absolute atomic E-state index is 0.0613. The second-order valence-electron chi connectivity index (χ2n) is 7.73. The summed E-state index contributed by atoms with van der Waals surface area (Å²) < 4.78 is 0. The number of benzene rings is 2. The highest BCUT2D eigenvalue weighted by Gasteiger charge is 2.24. The van der Waals surface area contributed by atoms with Crippen molar-refractivity contribution in [3.05, 3.63) is 64.2 Å². The number of carbonyl (C=O) groups excluding carboxylic acids is 1. The zero-order valence-electron chi connectivity index (χ0n) is 16.4. The van der Waals surface area contributed by atoms with Gasteiger partial charge in [0.25, 0.3) is 5.91 Å². The number of nitrogens with one attached hydrogen (secondary N) is 1. The number of carbonyl (C=O) groups is 1. The molecule has 0 spiro atoms. The van der Waals surface area contributed by atoms with Crippen LogP contribution in [0.4, 0.5) is 0 Å². The fraction of sp³-hybridized carbons (Fsp3) is 0.304. The predicted octanol–water partition coefficient (Wildman–Crippen LogP) is 3.71. The molecule has 0 atom stereocenters. The van der Waals surface area contributed by atoms with E-state index in [0.29, 0.717) is 12.1 Å². The minimum atomic E-state index is -0.0613. The molecule has 1 aliphatic rings. The van der Waals surface area contributed by atoms with E-state index in [9.17, 15) is 4.79 Å². The molecule has 4 nitrogen and oxygen atoms in total. The number of likely N-dealkylation sites (N-methyl/N-ethyl adjacent to an activating group) is 1. The van der Waals surface area contributed by atoms with Crippen molar-refractivity contribution >= 4 is 16.8 Å². The van der Waals surface area contributed by atoms with Crippen LogP contribution in [0.1, 0.15) is 32.6 Å². The monoisotopic (exact) mass is 359 g/mol. The highest BCUT2D eigenvalue weighted by Crippen LogP contribution is 2.39. The van der Waals surface area contributed by atoms with Crippen LogP contribution < -0.4 is 5.32 Å². The molecule has 1 amide bonds. The van der Waals surface area contributed by atoms with E-state index in [0.717, 1.165) is 29.6 Å². The molecule has 4 rings (SSSR count). The fourth-order valence-electron chi connectivity index (χ4n) is 4.00. The van der Waals surface area contributed by atoms with Gasteiger partial charge in [0.2, 0.25) is 0 Å². The minimum Gasteiger partial charge on any atom is -0.351 e. The van der Waals surface area contributed by atoms with Crippen molar-refractivity contribution < 1.29 is 4.79 Å². The van der Waals surface area contributed by atoms with E-state index in [2.05, 4.69) is 42.3 Å². The molecule has 0 aliphatic heterocycles. The van der Waals surface area contributed by atoms with E-state index in [-0.39, 0.29) is 5.91 Å². The molecule has 0 saturated carbocycles. The highest BCUT2D eigenvalue weighted by atomic mass is 16.1. The Labute approximate surface area is 160 Å². The quantitative estimate of drug-likeness (QED) is 0.604. The average molecular weight is 359 g/mol. The lowest BCUT2D eigenvalue weighted by Crippen LogP contribution is -2.31. The smallest absolute Gasteiger partial charge is 0.253 e. The number of nitrogens with zero attached hydrogens (tertiary/aromatic N) is 2. The van der Waals surface area contributed by atoms with Gasteiger partial charge in [0.1, 0.15) is 0 Å². The summed E-state index contributed by atoms with van der Waals surface area (Å²) in [5.74, 6) is -0.0613. The Kier molecular flexibility index (Phi) is 4.44. The van der Waals surface area contributed by atoms with Gasteiger partial charge >= 0.3 is 0 Å². The number of aryl methyl sites for hydroxylation is 2. The van der Waals surface area contributed by atoms with Crippen molar-refractivity contribution in [1.29, 1.82) is 0 Å². The number of amides is 1. The molecule has 1 N–H and O–H groups in total. The molecule has 0 saturated heterocycles. The number of para-hydroxylation sites is 1. The third-order valence-electron chi connectivity index (χ3n) is 5.19. The molecule has 3 aromatic rings. The van der Waals surface area contributed by atoms with Crippen LogP contribution in [0.3, 0.4) is 0 Å². The van der Waals surface area contributed by atoms with Crippen molar-refractivity contribution in [2.24, 2.45) is 0 Å². The van der Waals surface area contributed by atoms with Gasteiger partial charge in [-0.05, 0) is 56.8 Å². The van der Waals surface area contributed by atoms with Gasteiger partial charge in [-0.2, -0.15) is 0 Å². The van der Waals surface area contributed by atoms with Crippen LogP contribution in [0.15, 0.2) is 36.4 Å². The fourth-order valence-corrected chi connectivity index (χ4v) is 4.00. The summed E-state index contributed by atoms with van der Waals surface area (Å²) in [6.07, 6.45) is 0.912. The molecule has 2 aromatic carbocycles. The normalized spacial score (nSPS) is 12.3. The lowest BCUT2D eigenvalue weighted by Gasteiger charge is -2.12. The van der Waals surface area contributed by atoms with E-state index in [1.54, 1.807) is 0 Å². The van der Waals surface area contributed by atoms with Gasteiger partial charge in [-0.3, -0.25) is 4.79 Å². The summed E-state index contributed by atoms with van der Waals surface area (Å²) in [6.45, 7) is 5.71. The van der Waals surface area contributed by atoms with E-state index in [1.165, 1.54) is 27.8 Å². The number of fused-ring (bicyclic) bond motifs is 4. The van der Waals surface area contributed by atoms with E-state index < -0.39 is 0 Å². The number of aromatic nitrogens is 1. The van der Waals surface area contributed by atoms with Crippen LogP contribution in [0.25, 0.3) is 22.2 Å². The number of hydrogen-bond donors (Lipinski definition) is 1. The Morgan fingerprint density at radius 1 is 1.15 bits per heavy atom. The zero-order valence-corrected chi connectivity index (χ0v) is 16.4. The molecule has 138 valence electrons. The predicted molar refractivity (Wildman–Crippen MR) is 110 cm³/mol. The molecule has 1 heterocycles. The van der Waals surface area contributed by atoms with Crippen LogP contribution in [-0.2, 0) is 6.42 Å². The Balaban J connectivity index is 1.78. The first-order valence-electron chi connectivity index (χ1n) is 9.40. The Bertz CT molecular complexity index is 1050. The first-order valence-corrected chi connectivity index (χ1v) is 9.40. The van der Waals surface area contributed by atoms with Crippen molar-refractivity contribution in [2.45, 2.75) is 20.3 Å². The molecule has 0 unspecified atom stereocenters. The second-order valence-corrected chi connectivity index (χ2v) is 7.73. The summed E-state index contributed by atoms with van der Waals surface area (Å²) >= 11 is 0. The van der Waals surface area contributed by atoms with Gasteiger partial charge in [-0.25, -0.2) is 4.98 Å². The van der Waals surface area contributed by atoms with Crippen LogP contribution in [0.2, 0.25) is 0 Å². The SMILES string of the molecule is Cc1cc(C)c2c(c1)Cc1cc3cccc(C(=O)NCCN(C)C)c3nc1-2. The average Bonchev–Trinajstić information content (AvgIpc) is 2.95. The molecule has 1 aliphatic carbocycles. The molecule has 0 bridgehead atoms. The van der Waals surface area contributed by atoms with E-state index in [1.807, 2.05) is 32.3 Å². The van der Waals surface area contributed by atoms with Crippen LogP contribution in [-0.4, -0.2) is 43.0 Å². The largest absolute Gasteiger partial charge is 0.351 e. The van der Waals surface area contributed by atoms with Gasteiger partial charge in [-0.1, -0.05) is 29.8 Å². The van der Waals surface area contributed by atoms with Crippen molar-refractivity contribution in [2.75, 3.05) is 27.2 Å². The third kappa shape index (κ3) is 3.21. The first kappa shape index (κ1) is 17.7. The van der Waals surface area contributed by atoms with Gasteiger partial charge in [0.05, 0.1) is 16.8 Å². The van der Waals surface area contributed by atoms with Crippen LogP contribution in [0.5, 0.6) is 0 Å². The Morgan fingerprint density at radius 3 is 2.74 bits per heavy atom. The second kappa shape index (κ2) is 6.78. The third-order valence-corrected chi connectivity index (χ3v) is 5.19. The van der Waals surface area contributed by atoms with E-state index >= 15 is 0 Å². The molecule has 0 radical (unpaired) electrons. The van der Waals surface area contributed by atoms with Crippen LogP contribution >= 0.6 is 0 Å². The molecular weight excluding hydrogens is 334 g/mol. The lowest BCUT2D eigenvalue weighted by atomic mass is 10.0. The Hall–Kier alpha value is -2.72. The molecule has 4 heteroatoms. The summed E-state index contributed by atoms with van der Waals surface area (Å²) in [4.78, 5) is 19.8. The van der Waals surface area contributed by atoms with Crippen molar-refractivity contribution in [3.8, 4) is 11.3 Å². The zero-order chi connectivity index (χ0) is 19.1. The topological polar surface area (TPSA) is 45.2 Å². The maximum atomic E-state index is 12.7. The van der Waals surface area contributed by atoms with Crippen molar-refractivity contribution in [3.63, 3.8) is 0 Å². The van der Waals surface area contributed by atoms with E-state index in [4.69, 9.17) is 4.98 Å². The molecular formula is C23H25N3O. The van der Waals surface area contributed by atoms with Crippen LogP contribution in [0, 0.1) is 13.8 Å². The number of pyridine rings is 1. The molecule has 27 heavy (non-hydrogen) atoms. The lowest BCUT2D eigenvalue weighted by molar-refractivity contribution is 0.0952. The summed E-state index contributed by atoms with van der Waals surface area (Å²) in [7, 11) is 3.99. The maximum absolute atomic E-state index is 12.7. The Morgan fingerprint density at radius 2 is 1.96 bits per heavy atom. The van der Waals surface area contributed by atoms with Gasteiger partial charge < -0.3 is 10.2 Å². The highest BCUT2D eigenvalue weighted by molar-refractivity contribution is 6.06. The molecule has 1 aromatic heterocycles. The number of rotatable bonds is 4. The first-order chi connectivity index (χ1) is 12.9. The van der Waals surface area contributed by atoms with Crippen molar-refractivity contribution in [1.82, 2.24) is 15.2 Å².